The van der Waals surface area contributed by atoms with Gasteiger partial charge in [-0.3, -0.25) is 9.78 Å². The Balaban J connectivity index is 1.27. The number of nitrogens with zero attached hydrogens (tertiary/aromatic N) is 4. The standard InChI is InChI=1S/C20H24N4O2/c25-20(16-5-9-21-10-6-16)24-11-7-15(8-12-24)14-26-19-13-17-3-1-2-4-18(17)22-23-19/h5-6,9-10,13,15H,1-4,7-8,11-12,14H2. The summed E-state index contributed by atoms with van der Waals surface area (Å²) in [7, 11) is 0. The molecular formula is C20H24N4O2. The van der Waals surface area contributed by atoms with Crippen LogP contribution in [0.15, 0.2) is 30.6 Å². The normalized spacial score (nSPS) is 17.6. The van der Waals surface area contributed by atoms with Gasteiger partial charge in [-0.2, -0.15) is 5.10 Å². The van der Waals surface area contributed by atoms with Crippen LogP contribution in [0.1, 0.15) is 47.3 Å². The van der Waals surface area contributed by atoms with Crippen LogP contribution in [0.5, 0.6) is 5.88 Å². The SMILES string of the molecule is O=C(c1ccncc1)N1CCC(COc2cc3c(nn2)CCCC3)CC1. The van der Waals surface area contributed by atoms with E-state index in [0.29, 0.717) is 24.0 Å². The van der Waals surface area contributed by atoms with Crippen LogP contribution in [-0.4, -0.2) is 45.7 Å². The summed E-state index contributed by atoms with van der Waals surface area (Å²) in [4.78, 5) is 18.4. The van der Waals surface area contributed by atoms with Crippen LogP contribution in [0, 0.1) is 5.92 Å². The molecule has 0 spiro atoms. The Labute approximate surface area is 153 Å². The highest BCUT2D eigenvalue weighted by molar-refractivity contribution is 5.94. The van der Waals surface area contributed by atoms with Crippen LogP contribution in [0.25, 0.3) is 0 Å². The minimum absolute atomic E-state index is 0.0901. The highest BCUT2D eigenvalue weighted by atomic mass is 16.5. The van der Waals surface area contributed by atoms with E-state index in [4.69, 9.17) is 4.74 Å². The van der Waals surface area contributed by atoms with Crippen LogP contribution in [-0.2, 0) is 12.8 Å². The van der Waals surface area contributed by atoms with Crippen molar-refractivity contribution in [3.05, 3.63) is 47.4 Å². The van der Waals surface area contributed by atoms with Gasteiger partial charge >= 0.3 is 0 Å². The molecule has 1 fully saturated rings. The fraction of sp³-hybridized carbons (Fsp3) is 0.500. The number of fused-ring (bicyclic) bond motifs is 1. The molecule has 26 heavy (non-hydrogen) atoms. The molecule has 1 aliphatic heterocycles. The molecule has 0 unspecified atom stereocenters. The lowest BCUT2D eigenvalue weighted by Crippen LogP contribution is -2.39. The molecule has 0 radical (unpaired) electrons. The first kappa shape index (κ1) is 16.9. The van der Waals surface area contributed by atoms with Crippen molar-refractivity contribution in [3.8, 4) is 5.88 Å². The summed E-state index contributed by atoms with van der Waals surface area (Å²) in [5.41, 5.74) is 3.13. The minimum Gasteiger partial charge on any atom is -0.476 e. The molecule has 2 aromatic heterocycles. The second-order valence-electron chi connectivity index (χ2n) is 7.14. The third kappa shape index (κ3) is 3.84. The summed E-state index contributed by atoms with van der Waals surface area (Å²) in [5, 5.41) is 8.54. The summed E-state index contributed by atoms with van der Waals surface area (Å²) >= 11 is 0. The number of aryl methyl sites for hydroxylation is 2. The van der Waals surface area contributed by atoms with Crippen LogP contribution in [0.3, 0.4) is 0 Å². The van der Waals surface area contributed by atoms with Gasteiger partial charge in [0.1, 0.15) is 0 Å². The monoisotopic (exact) mass is 352 g/mol. The van der Waals surface area contributed by atoms with Gasteiger partial charge in [-0.05, 0) is 62.1 Å². The van der Waals surface area contributed by atoms with Gasteiger partial charge in [0.15, 0.2) is 0 Å². The molecule has 2 aromatic rings. The molecule has 0 aromatic carbocycles. The Bertz CT molecular complexity index is 758. The molecule has 1 saturated heterocycles. The van der Waals surface area contributed by atoms with E-state index < -0.39 is 0 Å². The van der Waals surface area contributed by atoms with Gasteiger partial charge in [-0.1, -0.05) is 0 Å². The smallest absolute Gasteiger partial charge is 0.253 e. The highest BCUT2D eigenvalue weighted by Gasteiger charge is 2.24. The second-order valence-corrected chi connectivity index (χ2v) is 7.14. The van der Waals surface area contributed by atoms with Crippen molar-refractivity contribution in [1.29, 1.82) is 0 Å². The molecular weight excluding hydrogens is 328 g/mol. The summed E-state index contributed by atoms with van der Waals surface area (Å²) in [6, 6.07) is 5.60. The number of likely N-dealkylation sites (tertiary alicyclic amines) is 1. The predicted molar refractivity (Wildman–Crippen MR) is 97.0 cm³/mol. The van der Waals surface area contributed by atoms with Crippen molar-refractivity contribution >= 4 is 5.91 Å². The lowest BCUT2D eigenvalue weighted by Gasteiger charge is -2.31. The van der Waals surface area contributed by atoms with Crippen molar-refractivity contribution < 1.29 is 9.53 Å². The van der Waals surface area contributed by atoms with Crippen molar-refractivity contribution in [2.75, 3.05) is 19.7 Å². The largest absolute Gasteiger partial charge is 0.476 e. The van der Waals surface area contributed by atoms with Gasteiger partial charge < -0.3 is 9.64 Å². The lowest BCUT2D eigenvalue weighted by atomic mass is 9.96. The van der Waals surface area contributed by atoms with Crippen molar-refractivity contribution in [3.63, 3.8) is 0 Å². The molecule has 1 amide bonds. The fourth-order valence-corrected chi connectivity index (χ4v) is 3.72. The average molecular weight is 352 g/mol. The zero-order chi connectivity index (χ0) is 17.8. The van der Waals surface area contributed by atoms with Gasteiger partial charge in [0, 0.05) is 37.1 Å². The molecule has 2 aliphatic rings. The third-order valence-electron chi connectivity index (χ3n) is 5.34. The maximum atomic E-state index is 12.5. The number of ether oxygens (including phenoxy) is 1. The molecule has 0 N–H and O–H groups in total. The summed E-state index contributed by atoms with van der Waals surface area (Å²) in [6.45, 7) is 2.18. The van der Waals surface area contributed by atoms with E-state index in [1.807, 2.05) is 4.90 Å². The van der Waals surface area contributed by atoms with E-state index >= 15 is 0 Å². The predicted octanol–water partition coefficient (Wildman–Crippen LogP) is 2.68. The minimum atomic E-state index is 0.0901. The Hall–Kier alpha value is -2.50. The van der Waals surface area contributed by atoms with E-state index in [1.165, 1.54) is 18.4 Å². The molecule has 0 saturated carbocycles. The average Bonchev–Trinajstić information content (AvgIpc) is 2.72. The molecule has 136 valence electrons. The fourth-order valence-electron chi connectivity index (χ4n) is 3.72. The number of carbonyl (C=O) groups is 1. The van der Waals surface area contributed by atoms with Gasteiger partial charge in [0.2, 0.25) is 5.88 Å². The summed E-state index contributed by atoms with van der Waals surface area (Å²) in [6.07, 6.45) is 9.77. The number of hydrogen-bond donors (Lipinski definition) is 0. The van der Waals surface area contributed by atoms with E-state index in [1.54, 1.807) is 24.5 Å². The summed E-state index contributed by atoms with van der Waals surface area (Å²) in [5.74, 6) is 1.18. The number of aromatic nitrogens is 3. The zero-order valence-corrected chi connectivity index (χ0v) is 14.9. The number of piperidine rings is 1. The Morgan fingerprint density at radius 3 is 2.69 bits per heavy atom. The van der Waals surface area contributed by atoms with Crippen LogP contribution >= 0.6 is 0 Å². The van der Waals surface area contributed by atoms with E-state index in [0.717, 1.165) is 44.5 Å². The Kier molecular flexibility index (Phi) is 5.09. The second kappa shape index (κ2) is 7.81. The number of rotatable bonds is 4. The molecule has 1 aliphatic carbocycles. The van der Waals surface area contributed by atoms with Crippen molar-refractivity contribution in [2.24, 2.45) is 5.92 Å². The first-order chi connectivity index (χ1) is 12.8. The lowest BCUT2D eigenvalue weighted by molar-refractivity contribution is 0.0659. The molecule has 0 atom stereocenters. The summed E-state index contributed by atoms with van der Waals surface area (Å²) < 4.78 is 5.91. The van der Waals surface area contributed by atoms with Crippen molar-refractivity contribution in [1.82, 2.24) is 20.1 Å². The number of hydrogen-bond acceptors (Lipinski definition) is 5. The molecule has 0 bridgehead atoms. The maximum absolute atomic E-state index is 12.5. The quantitative estimate of drug-likeness (QED) is 0.846. The zero-order valence-electron chi connectivity index (χ0n) is 14.9. The topological polar surface area (TPSA) is 68.2 Å². The van der Waals surface area contributed by atoms with Crippen LogP contribution < -0.4 is 4.74 Å². The van der Waals surface area contributed by atoms with Gasteiger partial charge in [-0.15, -0.1) is 5.10 Å². The molecule has 4 rings (SSSR count). The van der Waals surface area contributed by atoms with E-state index in [2.05, 4.69) is 21.2 Å². The number of pyridine rings is 1. The first-order valence-corrected chi connectivity index (χ1v) is 9.47. The third-order valence-corrected chi connectivity index (χ3v) is 5.34. The molecule has 6 heteroatoms. The van der Waals surface area contributed by atoms with E-state index in [-0.39, 0.29) is 5.91 Å². The Morgan fingerprint density at radius 2 is 1.88 bits per heavy atom. The van der Waals surface area contributed by atoms with Crippen molar-refractivity contribution in [2.45, 2.75) is 38.5 Å². The van der Waals surface area contributed by atoms with Gasteiger partial charge in [-0.25, -0.2) is 0 Å². The Morgan fingerprint density at radius 1 is 1.12 bits per heavy atom. The number of carbonyl (C=O) groups excluding carboxylic acids is 1. The van der Waals surface area contributed by atoms with Crippen LogP contribution in [0.2, 0.25) is 0 Å². The number of amides is 1. The van der Waals surface area contributed by atoms with E-state index in [9.17, 15) is 4.79 Å². The van der Waals surface area contributed by atoms with Gasteiger partial charge in [0.25, 0.3) is 5.91 Å². The van der Waals surface area contributed by atoms with Crippen LogP contribution in [0.4, 0.5) is 0 Å². The first-order valence-electron chi connectivity index (χ1n) is 9.47. The highest BCUT2D eigenvalue weighted by Crippen LogP contribution is 2.23. The molecule has 3 heterocycles. The van der Waals surface area contributed by atoms with Gasteiger partial charge in [0.05, 0.1) is 12.3 Å². The maximum Gasteiger partial charge on any atom is 0.253 e. The molecule has 6 nitrogen and oxygen atoms in total.